The number of hydrogen-bond acceptors (Lipinski definition) is 1. The van der Waals surface area contributed by atoms with E-state index in [0.717, 1.165) is 0 Å². The van der Waals surface area contributed by atoms with Crippen LogP contribution < -0.4 is 0 Å². The van der Waals surface area contributed by atoms with Gasteiger partial charge < -0.3 is 4.90 Å². The predicted molar refractivity (Wildman–Crippen MR) is 46.9 cm³/mol. The zero-order valence-electron chi connectivity index (χ0n) is 8.02. The number of hydrogen-bond donors (Lipinski definition) is 0. The Bertz CT molecular complexity index is 116. The smallest absolute Gasteiger partial charge is 0.00875 e. The third-order valence-corrected chi connectivity index (χ3v) is 2.11. The van der Waals surface area contributed by atoms with E-state index in [2.05, 4.69) is 46.7 Å². The lowest BCUT2D eigenvalue weighted by Gasteiger charge is -2.18. The average Bonchev–Trinajstić information content (AvgIpc) is 1.84. The van der Waals surface area contributed by atoms with Gasteiger partial charge in [0.25, 0.3) is 0 Å². The molecule has 0 fully saturated rings. The van der Waals surface area contributed by atoms with Gasteiger partial charge in [-0.25, -0.2) is 0 Å². The minimum atomic E-state index is 0.669. The van der Waals surface area contributed by atoms with Crippen molar-refractivity contribution < 1.29 is 0 Å². The Morgan fingerprint density at radius 1 is 1.10 bits per heavy atom. The van der Waals surface area contributed by atoms with E-state index in [-0.39, 0.29) is 0 Å². The molecule has 0 unspecified atom stereocenters. The van der Waals surface area contributed by atoms with Gasteiger partial charge in [0.1, 0.15) is 0 Å². The number of allylic oxidation sites excluding steroid dienone is 2. The third-order valence-electron chi connectivity index (χ3n) is 2.11. The monoisotopic (exact) mass is 141 g/mol. The summed E-state index contributed by atoms with van der Waals surface area (Å²) in [4.78, 5) is 2.16. The van der Waals surface area contributed by atoms with Crippen LogP contribution in [0.2, 0.25) is 0 Å². The second kappa shape index (κ2) is 3.65. The molecule has 0 spiro atoms. The van der Waals surface area contributed by atoms with Crippen LogP contribution in [0.4, 0.5) is 0 Å². The van der Waals surface area contributed by atoms with Crippen LogP contribution >= 0.6 is 0 Å². The van der Waals surface area contributed by atoms with Crippen molar-refractivity contribution in [3.8, 4) is 0 Å². The molecule has 0 aromatic rings. The van der Waals surface area contributed by atoms with Crippen molar-refractivity contribution in [2.45, 2.75) is 27.7 Å². The minimum Gasteiger partial charge on any atom is -0.381 e. The van der Waals surface area contributed by atoms with Gasteiger partial charge in [0.05, 0.1) is 0 Å². The first kappa shape index (κ1) is 9.54. The van der Waals surface area contributed by atoms with Crippen LogP contribution in [0.25, 0.3) is 0 Å². The highest BCUT2D eigenvalue weighted by Crippen LogP contribution is 2.14. The standard InChI is InChI=1S/C9H19N/c1-7(2)8(3)9(4)10(5)6/h7H,1-6H3/b9-8+. The molecule has 0 heterocycles. The molecular formula is C9H19N. The number of rotatable bonds is 2. The first-order valence-electron chi connectivity index (χ1n) is 3.81. The van der Waals surface area contributed by atoms with Gasteiger partial charge in [0, 0.05) is 19.8 Å². The molecule has 0 aliphatic heterocycles. The second-order valence-electron chi connectivity index (χ2n) is 3.32. The van der Waals surface area contributed by atoms with Crippen LogP contribution in [0, 0.1) is 5.92 Å². The first-order valence-corrected chi connectivity index (χ1v) is 3.81. The molecule has 0 amide bonds. The van der Waals surface area contributed by atoms with Crippen molar-refractivity contribution in [1.29, 1.82) is 0 Å². The van der Waals surface area contributed by atoms with Gasteiger partial charge in [-0.3, -0.25) is 0 Å². The Labute approximate surface area is 64.7 Å². The molecule has 0 aliphatic rings. The maximum Gasteiger partial charge on any atom is 0.00875 e. The zero-order chi connectivity index (χ0) is 8.31. The molecule has 0 atom stereocenters. The minimum absolute atomic E-state index is 0.669. The van der Waals surface area contributed by atoms with Gasteiger partial charge in [0.2, 0.25) is 0 Å². The number of nitrogens with zero attached hydrogens (tertiary/aromatic N) is 1. The first-order chi connectivity index (χ1) is 4.46. The van der Waals surface area contributed by atoms with Gasteiger partial charge in [-0.05, 0) is 19.8 Å². The Hall–Kier alpha value is -0.460. The summed E-state index contributed by atoms with van der Waals surface area (Å²) >= 11 is 0. The van der Waals surface area contributed by atoms with Gasteiger partial charge in [0.15, 0.2) is 0 Å². The summed E-state index contributed by atoms with van der Waals surface area (Å²) in [6.45, 7) is 8.81. The Morgan fingerprint density at radius 2 is 1.50 bits per heavy atom. The second-order valence-corrected chi connectivity index (χ2v) is 3.32. The quantitative estimate of drug-likeness (QED) is 0.571. The van der Waals surface area contributed by atoms with Gasteiger partial charge in [-0.2, -0.15) is 0 Å². The third kappa shape index (κ3) is 2.42. The van der Waals surface area contributed by atoms with Crippen molar-refractivity contribution in [1.82, 2.24) is 4.90 Å². The summed E-state index contributed by atoms with van der Waals surface area (Å²) in [6, 6.07) is 0. The topological polar surface area (TPSA) is 3.24 Å². The normalized spacial score (nSPS) is 13.5. The van der Waals surface area contributed by atoms with Crippen LogP contribution in [-0.2, 0) is 0 Å². The largest absolute Gasteiger partial charge is 0.381 e. The highest BCUT2D eigenvalue weighted by Gasteiger charge is 2.01. The predicted octanol–water partition coefficient (Wildman–Crippen LogP) is 2.50. The van der Waals surface area contributed by atoms with Crippen LogP contribution in [0.5, 0.6) is 0 Å². The summed E-state index contributed by atoms with van der Waals surface area (Å²) < 4.78 is 0. The summed E-state index contributed by atoms with van der Waals surface area (Å²) in [5.74, 6) is 0.669. The molecule has 0 radical (unpaired) electrons. The van der Waals surface area contributed by atoms with E-state index in [9.17, 15) is 0 Å². The summed E-state index contributed by atoms with van der Waals surface area (Å²) in [7, 11) is 4.17. The zero-order valence-corrected chi connectivity index (χ0v) is 8.02. The van der Waals surface area contributed by atoms with E-state index in [4.69, 9.17) is 0 Å². The lowest BCUT2D eigenvalue weighted by molar-refractivity contribution is 0.495. The highest BCUT2D eigenvalue weighted by molar-refractivity contribution is 5.09. The van der Waals surface area contributed by atoms with Crippen molar-refractivity contribution in [3.05, 3.63) is 11.3 Å². The van der Waals surface area contributed by atoms with Crippen molar-refractivity contribution in [2.24, 2.45) is 5.92 Å². The Morgan fingerprint density at radius 3 is 1.60 bits per heavy atom. The molecule has 10 heavy (non-hydrogen) atoms. The molecule has 0 bridgehead atoms. The molecule has 1 nitrogen and oxygen atoms in total. The maximum absolute atomic E-state index is 2.22. The molecule has 0 N–H and O–H groups in total. The SMILES string of the molecule is C/C(=C(/C)N(C)C)C(C)C. The van der Waals surface area contributed by atoms with Crippen molar-refractivity contribution >= 4 is 0 Å². The molecular weight excluding hydrogens is 122 g/mol. The summed E-state index contributed by atoms with van der Waals surface area (Å²) in [6.07, 6.45) is 0. The fourth-order valence-electron chi connectivity index (χ4n) is 0.770. The van der Waals surface area contributed by atoms with E-state index in [1.165, 1.54) is 11.3 Å². The van der Waals surface area contributed by atoms with Crippen LogP contribution in [0.1, 0.15) is 27.7 Å². The van der Waals surface area contributed by atoms with E-state index < -0.39 is 0 Å². The maximum atomic E-state index is 2.22. The van der Waals surface area contributed by atoms with Crippen LogP contribution in [-0.4, -0.2) is 19.0 Å². The molecule has 0 aromatic heterocycles. The molecule has 0 saturated heterocycles. The van der Waals surface area contributed by atoms with Crippen LogP contribution in [0.15, 0.2) is 11.3 Å². The van der Waals surface area contributed by atoms with E-state index in [1.54, 1.807) is 0 Å². The Kier molecular flexibility index (Phi) is 3.48. The van der Waals surface area contributed by atoms with Crippen LogP contribution in [0.3, 0.4) is 0 Å². The van der Waals surface area contributed by atoms with E-state index in [0.29, 0.717) is 5.92 Å². The lowest BCUT2D eigenvalue weighted by atomic mass is 10.0. The fourth-order valence-corrected chi connectivity index (χ4v) is 0.770. The summed E-state index contributed by atoms with van der Waals surface area (Å²) in [5.41, 5.74) is 2.86. The average molecular weight is 141 g/mol. The molecule has 60 valence electrons. The van der Waals surface area contributed by atoms with Gasteiger partial charge >= 0.3 is 0 Å². The fraction of sp³-hybridized carbons (Fsp3) is 0.778. The van der Waals surface area contributed by atoms with Crippen molar-refractivity contribution in [3.63, 3.8) is 0 Å². The van der Waals surface area contributed by atoms with Gasteiger partial charge in [-0.15, -0.1) is 0 Å². The molecule has 0 saturated carbocycles. The molecule has 0 aromatic carbocycles. The lowest BCUT2D eigenvalue weighted by Crippen LogP contribution is -2.11. The highest BCUT2D eigenvalue weighted by atomic mass is 15.1. The molecule has 0 rings (SSSR count). The molecule has 1 heteroatoms. The van der Waals surface area contributed by atoms with E-state index >= 15 is 0 Å². The molecule has 0 aliphatic carbocycles. The van der Waals surface area contributed by atoms with Crippen molar-refractivity contribution in [2.75, 3.05) is 14.1 Å². The summed E-state index contributed by atoms with van der Waals surface area (Å²) in [5, 5.41) is 0. The van der Waals surface area contributed by atoms with Gasteiger partial charge in [-0.1, -0.05) is 19.4 Å². The van der Waals surface area contributed by atoms with E-state index in [1.807, 2.05) is 0 Å². The Balaban J connectivity index is 4.34.